The quantitative estimate of drug-likeness (QED) is 0.701. The zero-order valence-corrected chi connectivity index (χ0v) is 11.4. The van der Waals surface area contributed by atoms with Crippen molar-refractivity contribution in [3.8, 4) is 0 Å². The Kier molecular flexibility index (Phi) is 7.34. The van der Waals surface area contributed by atoms with Crippen LogP contribution in [-0.4, -0.2) is 56.0 Å². The van der Waals surface area contributed by atoms with E-state index >= 15 is 0 Å². The van der Waals surface area contributed by atoms with Crippen LogP contribution >= 0.6 is 0 Å². The van der Waals surface area contributed by atoms with E-state index in [9.17, 15) is 4.79 Å². The van der Waals surface area contributed by atoms with Gasteiger partial charge in [0.2, 0.25) is 5.91 Å². The molecule has 96 valence electrons. The smallest absolute Gasteiger partial charge is 0.239 e. The minimum absolute atomic E-state index is 0.0625. The van der Waals surface area contributed by atoms with Crippen molar-refractivity contribution in [2.45, 2.75) is 32.7 Å². The van der Waals surface area contributed by atoms with Gasteiger partial charge in [-0.15, -0.1) is 0 Å². The van der Waals surface area contributed by atoms with Crippen LogP contribution in [0.15, 0.2) is 0 Å². The van der Waals surface area contributed by atoms with Crippen LogP contribution in [0.1, 0.15) is 26.7 Å². The molecule has 0 aromatic rings. The Morgan fingerprint density at radius 1 is 1.19 bits per heavy atom. The average molecular weight is 229 g/mol. The van der Waals surface area contributed by atoms with Crippen molar-refractivity contribution in [2.24, 2.45) is 11.7 Å². The van der Waals surface area contributed by atoms with Gasteiger partial charge in [-0.05, 0) is 39.4 Å². The first-order chi connectivity index (χ1) is 7.34. The van der Waals surface area contributed by atoms with Crippen LogP contribution < -0.4 is 5.73 Å². The molecule has 2 N–H and O–H groups in total. The molecule has 16 heavy (non-hydrogen) atoms. The van der Waals surface area contributed by atoms with Gasteiger partial charge in [-0.25, -0.2) is 0 Å². The fraction of sp³-hybridized carbons (Fsp3) is 0.917. The number of amides is 1. The average Bonchev–Trinajstić information content (AvgIpc) is 2.14. The summed E-state index contributed by atoms with van der Waals surface area (Å²) in [4.78, 5) is 15.7. The molecule has 0 aliphatic heterocycles. The van der Waals surface area contributed by atoms with Crippen LogP contribution in [0.2, 0.25) is 0 Å². The molecule has 0 fully saturated rings. The van der Waals surface area contributed by atoms with Crippen LogP contribution in [-0.2, 0) is 4.79 Å². The highest BCUT2D eigenvalue weighted by molar-refractivity contribution is 5.81. The first-order valence-corrected chi connectivity index (χ1v) is 6.00. The zero-order chi connectivity index (χ0) is 12.7. The van der Waals surface area contributed by atoms with Gasteiger partial charge in [0, 0.05) is 13.6 Å². The van der Waals surface area contributed by atoms with Crippen molar-refractivity contribution < 1.29 is 4.79 Å². The van der Waals surface area contributed by atoms with Crippen molar-refractivity contribution in [1.82, 2.24) is 9.80 Å². The van der Waals surface area contributed by atoms with Crippen LogP contribution in [0, 0.1) is 5.92 Å². The Bertz CT molecular complexity index is 204. The molecule has 1 atom stereocenters. The van der Waals surface area contributed by atoms with Gasteiger partial charge < -0.3 is 15.5 Å². The van der Waals surface area contributed by atoms with Crippen LogP contribution in [0.25, 0.3) is 0 Å². The molecular weight excluding hydrogens is 202 g/mol. The molecule has 0 radical (unpaired) electrons. The second-order valence-electron chi connectivity index (χ2n) is 5.15. The van der Waals surface area contributed by atoms with Crippen LogP contribution in [0.5, 0.6) is 0 Å². The lowest BCUT2D eigenvalue weighted by Gasteiger charge is -2.23. The fourth-order valence-corrected chi connectivity index (χ4v) is 1.63. The summed E-state index contributed by atoms with van der Waals surface area (Å²) in [5, 5.41) is 0. The lowest BCUT2D eigenvalue weighted by Crippen LogP contribution is -2.43. The molecule has 4 heteroatoms. The van der Waals surface area contributed by atoms with E-state index in [0.29, 0.717) is 5.92 Å². The first kappa shape index (κ1) is 15.4. The number of carbonyl (C=O) groups is 1. The third-order valence-electron chi connectivity index (χ3n) is 2.52. The van der Waals surface area contributed by atoms with E-state index in [4.69, 9.17) is 5.73 Å². The summed E-state index contributed by atoms with van der Waals surface area (Å²) in [5.74, 6) is 0.529. The molecule has 1 unspecified atom stereocenters. The van der Waals surface area contributed by atoms with Crippen molar-refractivity contribution in [2.75, 3.05) is 34.2 Å². The van der Waals surface area contributed by atoms with Crippen LogP contribution in [0.3, 0.4) is 0 Å². The number of carbonyl (C=O) groups excluding carboxylic acids is 1. The van der Waals surface area contributed by atoms with Gasteiger partial charge in [0.05, 0.1) is 6.04 Å². The number of likely N-dealkylation sites (N-methyl/N-ethyl adjacent to an activating group) is 1. The molecule has 0 bridgehead atoms. The maximum absolute atomic E-state index is 11.8. The Balaban J connectivity index is 3.88. The number of hydrogen-bond donors (Lipinski definition) is 1. The topological polar surface area (TPSA) is 49.6 Å². The minimum Gasteiger partial charge on any atom is -0.344 e. The number of rotatable bonds is 7. The second kappa shape index (κ2) is 7.63. The summed E-state index contributed by atoms with van der Waals surface area (Å²) >= 11 is 0. The Hall–Kier alpha value is -0.610. The molecule has 0 rings (SSSR count). The minimum atomic E-state index is -0.343. The summed E-state index contributed by atoms with van der Waals surface area (Å²) in [5.41, 5.74) is 5.85. The fourth-order valence-electron chi connectivity index (χ4n) is 1.63. The number of nitrogens with two attached hydrogens (primary N) is 1. The summed E-state index contributed by atoms with van der Waals surface area (Å²) in [6.45, 7) is 5.94. The highest BCUT2D eigenvalue weighted by Crippen LogP contribution is 2.05. The lowest BCUT2D eigenvalue weighted by atomic mass is 10.0. The van der Waals surface area contributed by atoms with Gasteiger partial charge in [-0.3, -0.25) is 4.79 Å². The molecule has 0 aromatic heterocycles. The van der Waals surface area contributed by atoms with Crippen molar-refractivity contribution in [3.63, 3.8) is 0 Å². The van der Waals surface area contributed by atoms with E-state index in [1.807, 2.05) is 21.1 Å². The summed E-state index contributed by atoms with van der Waals surface area (Å²) in [6, 6.07) is -0.343. The summed E-state index contributed by atoms with van der Waals surface area (Å²) in [6.07, 6.45) is 1.75. The molecule has 4 nitrogen and oxygen atoms in total. The molecule has 0 aromatic carbocycles. The highest BCUT2D eigenvalue weighted by Gasteiger charge is 2.18. The van der Waals surface area contributed by atoms with Crippen molar-refractivity contribution in [1.29, 1.82) is 0 Å². The molecular formula is C12H27N3O. The summed E-state index contributed by atoms with van der Waals surface area (Å²) < 4.78 is 0. The van der Waals surface area contributed by atoms with Gasteiger partial charge in [0.25, 0.3) is 0 Å². The predicted molar refractivity (Wildman–Crippen MR) is 68.2 cm³/mol. The first-order valence-electron chi connectivity index (χ1n) is 6.00. The molecule has 0 spiro atoms. The molecule has 0 saturated heterocycles. The van der Waals surface area contributed by atoms with Crippen LogP contribution in [0.4, 0.5) is 0 Å². The van der Waals surface area contributed by atoms with E-state index in [1.54, 1.807) is 4.90 Å². The maximum Gasteiger partial charge on any atom is 0.239 e. The molecule has 0 aliphatic carbocycles. The molecule has 0 aliphatic rings. The van der Waals surface area contributed by atoms with E-state index in [0.717, 1.165) is 25.9 Å². The zero-order valence-electron chi connectivity index (χ0n) is 11.4. The predicted octanol–water partition coefficient (Wildman–Crippen LogP) is 0.770. The van der Waals surface area contributed by atoms with Gasteiger partial charge in [0.1, 0.15) is 0 Å². The van der Waals surface area contributed by atoms with E-state index in [-0.39, 0.29) is 11.9 Å². The number of nitrogens with zero attached hydrogens (tertiary/aromatic N) is 2. The van der Waals surface area contributed by atoms with Crippen molar-refractivity contribution in [3.05, 3.63) is 0 Å². The lowest BCUT2D eigenvalue weighted by molar-refractivity contribution is -0.131. The van der Waals surface area contributed by atoms with Crippen molar-refractivity contribution >= 4 is 5.91 Å². The Morgan fingerprint density at radius 3 is 2.19 bits per heavy atom. The Labute approximate surface area is 99.8 Å². The van der Waals surface area contributed by atoms with E-state index in [2.05, 4.69) is 18.7 Å². The van der Waals surface area contributed by atoms with E-state index < -0.39 is 0 Å². The van der Waals surface area contributed by atoms with Gasteiger partial charge >= 0.3 is 0 Å². The van der Waals surface area contributed by atoms with E-state index in [1.165, 1.54) is 0 Å². The Morgan fingerprint density at radius 2 is 1.75 bits per heavy atom. The van der Waals surface area contributed by atoms with Gasteiger partial charge in [-0.1, -0.05) is 13.8 Å². The van der Waals surface area contributed by atoms with Gasteiger partial charge in [0.15, 0.2) is 0 Å². The molecule has 0 heterocycles. The third kappa shape index (κ3) is 6.80. The standard InChI is InChI=1S/C12H27N3O/c1-10(2)9-11(13)12(16)15(5)8-6-7-14(3)4/h10-11H,6-9,13H2,1-5H3. The normalized spacial score (nSPS) is 13.2. The largest absolute Gasteiger partial charge is 0.344 e. The third-order valence-corrected chi connectivity index (χ3v) is 2.52. The molecule has 1 amide bonds. The second-order valence-corrected chi connectivity index (χ2v) is 5.15. The monoisotopic (exact) mass is 229 g/mol. The van der Waals surface area contributed by atoms with Gasteiger partial charge in [-0.2, -0.15) is 0 Å². The SMILES string of the molecule is CC(C)CC(N)C(=O)N(C)CCCN(C)C. The highest BCUT2D eigenvalue weighted by atomic mass is 16.2. The maximum atomic E-state index is 11.8. The summed E-state index contributed by atoms with van der Waals surface area (Å²) in [7, 11) is 5.90. The molecule has 0 saturated carbocycles. The number of hydrogen-bond acceptors (Lipinski definition) is 3.